The highest BCUT2D eigenvalue weighted by Gasteiger charge is 2.15. The summed E-state index contributed by atoms with van der Waals surface area (Å²) in [7, 11) is 0. The number of nitrogens with zero attached hydrogens (tertiary/aromatic N) is 1. The van der Waals surface area contributed by atoms with Gasteiger partial charge < -0.3 is 9.52 Å². The molecule has 2 heterocycles. The summed E-state index contributed by atoms with van der Waals surface area (Å²) in [5.74, 6) is -1.29. The number of aromatic carboxylic acids is 1. The van der Waals surface area contributed by atoms with Crippen LogP contribution in [0, 0.1) is 20.8 Å². The SMILES string of the molecule is Cc1nc2oc(=O)c(C(=O)O)cc2c(C)c1C. The molecular formula is C12H11NO4. The number of fused-ring (bicyclic) bond motifs is 1. The molecule has 1 N–H and O–H groups in total. The van der Waals surface area contributed by atoms with Crippen LogP contribution in [0.15, 0.2) is 15.3 Å². The maximum atomic E-state index is 11.4. The van der Waals surface area contributed by atoms with Crippen LogP contribution in [0.25, 0.3) is 11.1 Å². The summed E-state index contributed by atoms with van der Waals surface area (Å²) in [5.41, 5.74) is 1.54. The van der Waals surface area contributed by atoms with Crippen LogP contribution in [-0.2, 0) is 0 Å². The average molecular weight is 233 g/mol. The first-order chi connectivity index (χ1) is 7.91. The highest BCUT2D eigenvalue weighted by molar-refractivity contribution is 5.91. The molecule has 0 fully saturated rings. The number of carboxylic acid groups (broad SMARTS) is 1. The van der Waals surface area contributed by atoms with Crippen molar-refractivity contribution in [3.63, 3.8) is 0 Å². The third-order valence-electron chi connectivity index (χ3n) is 2.94. The molecule has 0 radical (unpaired) electrons. The number of carbonyl (C=O) groups is 1. The van der Waals surface area contributed by atoms with Crippen molar-refractivity contribution in [1.29, 1.82) is 0 Å². The number of hydrogen-bond acceptors (Lipinski definition) is 4. The van der Waals surface area contributed by atoms with Crippen molar-refractivity contribution in [1.82, 2.24) is 4.98 Å². The molecule has 2 aromatic rings. The van der Waals surface area contributed by atoms with Gasteiger partial charge in [0, 0.05) is 11.1 Å². The molecule has 2 rings (SSSR count). The maximum absolute atomic E-state index is 11.4. The van der Waals surface area contributed by atoms with Crippen molar-refractivity contribution in [3.05, 3.63) is 38.9 Å². The van der Waals surface area contributed by atoms with Crippen LogP contribution >= 0.6 is 0 Å². The maximum Gasteiger partial charge on any atom is 0.352 e. The first kappa shape index (κ1) is 11.3. The number of hydrogen-bond donors (Lipinski definition) is 1. The molecule has 0 saturated heterocycles. The van der Waals surface area contributed by atoms with Gasteiger partial charge in [-0.15, -0.1) is 0 Å². The van der Waals surface area contributed by atoms with E-state index in [1.54, 1.807) is 0 Å². The third kappa shape index (κ3) is 1.69. The summed E-state index contributed by atoms with van der Waals surface area (Å²) >= 11 is 0. The summed E-state index contributed by atoms with van der Waals surface area (Å²) in [4.78, 5) is 26.4. The third-order valence-corrected chi connectivity index (χ3v) is 2.94. The molecule has 2 aromatic heterocycles. The molecule has 0 amide bonds. The van der Waals surface area contributed by atoms with Gasteiger partial charge in [0.2, 0.25) is 5.71 Å². The molecule has 0 unspecified atom stereocenters. The summed E-state index contributed by atoms with van der Waals surface area (Å²) in [6.45, 7) is 5.55. The Kier molecular flexibility index (Phi) is 2.46. The Morgan fingerprint density at radius 1 is 1.29 bits per heavy atom. The number of aromatic nitrogens is 1. The van der Waals surface area contributed by atoms with Crippen LogP contribution in [0.4, 0.5) is 0 Å². The Morgan fingerprint density at radius 2 is 1.94 bits per heavy atom. The van der Waals surface area contributed by atoms with E-state index in [-0.39, 0.29) is 11.3 Å². The fraction of sp³-hybridized carbons (Fsp3) is 0.250. The van der Waals surface area contributed by atoms with Crippen LogP contribution in [0.2, 0.25) is 0 Å². The van der Waals surface area contributed by atoms with Crippen molar-refractivity contribution < 1.29 is 14.3 Å². The van der Waals surface area contributed by atoms with Gasteiger partial charge in [0.1, 0.15) is 5.56 Å². The van der Waals surface area contributed by atoms with E-state index in [1.807, 2.05) is 20.8 Å². The predicted molar refractivity (Wildman–Crippen MR) is 61.4 cm³/mol. The fourth-order valence-electron chi connectivity index (χ4n) is 1.67. The van der Waals surface area contributed by atoms with Crippen LogP contribution in [0.1, 0.15) is 27.2 Å². The Morgan fingerprint density at radius 3 is 2.53 bits per heavy atom. The van der Waals surface area contributed by atoms with E-state index in [4.69, 9.17) is 9.52 Å². The zero-order valence-corrected chi connectivity index (χ0v) is 9.70. The lowest BCUT2D eigenvalue weighted by Gasteiger charge is -2.07. The fourth-order valence-corrected chi connectivity index (χ4v) is 1.67. The highest BCUT2D eigenvalue weighted by Crippen LogP contribution is 2.21. The Bertz CT molecular complexity index is 685. The second-order valence-electron chi connectivity index (χ2n) is 3.92. The molecule has 0 aromatic carbocycles. The number of carboxylic acids is 1. The summed E-state index contributed by atoms with van der Waals surface area (Å²) in [6, 6.07) is 1.32. The van der Waals surface area contributed by atoms with Gasteiger partial charge in [-0.2, -0.15) is 0 Å². The Hall–Kier alpha value is -2.17. The molecule has 0 saturated carbocycles. The lowest BCUT2D eigenvalue weighted by atomic mass is 10.0. The lowest BCUT2D eigenvalue weighted by Crippen LogP contribution is -2.14. The Balaban J connectivity index is 2.95. The van der Waals surface area contributed by atoms with Crippen molar-refractivity contribution in [2.75, 3.05) is 0 Å². The van der Waals surface area contributed by atoms with Gasteiger partial charge in [0.05, 0.1) is 0 Å². The van der Waals surface area contributed by atoms with Crippen molar-refractivity contribution in [2.24, 2.45) is 0 Å². The van der Waals surface area contributed by atoms with Gasteiger partial charge in [-0.3, -0.25) is 0 Å². The zero-order chi connectivity index (χ0) is 12.7. The second-order valence-corrected chi connectivity index (χ2v) is 3.92. The molecule has 17 heavy (non-hydrogen) atoms. The van der Waals surface area contributed by atoms with Gasteiger partial charge in [-0.25, -0.2) is 14.6 Å². The normalized spacial score (nSPS) is 10.8. The quantitative estimate of drug-likeness (QED) is 0.812. The van der Waals surface area contributed by atoms with E-state index in [9.17, 15) is 9.59 Å². The lowest BCUT2D eigenvalue weighted by molar-refractivity contribution is 0.0692. The summed E-state index contributed by atoms with van der Waals surface area (Å²) in [6.07, 6.45) is 0. The monoisotopic (exact) mass is 233 g/mol. The van der Waals surface area contributed by atoms with Gasteiger partial charge >= 0.3 is 11.6 Å². The predicted octanol–water partition coefficient (Wildman–Crippen LogP) is 1.81. The molecule has 0 aliphatic heterocycles. The molecule has 0 aliphatic carbocycles. The average Bonchev–Trinajstić information content (AvgIpc) is 2.25. The number of rotatable bonds is 1. The molecule has 0 aliphatic rings. The van der Waals surface area contributed by atoms with Gasteiger partial charge in [-0.1, -0.05) is 0 Å². The largest absolute Gasteiger partial charge is 0.477 e. The zero-order valence-electron chi connectivity index (χ0n) is 9.70. The van der Waals surface area contributed by atoms with E-state index in [0.717, 1.165) is 16.8 Å². The van der Waals surface area contributed by atoms with E-state index in [0.29, 0.717) is 5.39 Å². The van der Waals surface area contributed by atoms with Crippen molar-refractivity contribution in [3.8, 4) is 0 Å². The minimum atomic E-state index is -1.29. The van der Waals surface area contributed by atoms with E-state index in [2.05, 4.69) is 4.98 Å². The van der Waals surface area contributed by atoms with Crippen LogP contribution in [-0.4, -0.2) is 16.1 Å². The molecule has 5 heteroatoms. The number of pyridine rings is 1. The molecule has 0 atom stereocenters. The van der Waals surface area contributed by atoms with Gasteiger partial charge in [-0.05, 0) is 38.0 Å². The van der Waals surface area contributed by atoms with Crippen LogP contribution < -0.4 is 5.63 Å². The summed E-state index contributed by atoms with van der Waals surface area (Å²) < 4.78 is 4.92. The molecule has 5 nitrogen and oxygen atoms in total. The van der Waals surface area contributed by atoms with Crippen molar-refractivity contribution >= 4 is 17.1 Å². The van der Waals surface area contributed by atoms with E-state index in [1.165, 1.54) is 6.07 Å². The van der Waals surface area contributed by atoms with E-state index >= 15 is 0 Å². The molecule has 88 valence electrons. The smallest absolute Gasteiger partial charge is 0.352 e. The van der Waals surface area contributed by atoms with Gasteiger partial charge in [0.25, 0.3) is 0 Å². The standard InChI is InChI=1S/C12H11NO4/c1-5-6(2)8-4-9(11(14)15)12(16)17-10(8)13-7(5)3/h4H,1-3H3,(H,14,15). The van der Waals surface area contributed by atoms with E-state index < -0.39 is 11.6 Å². The minimum Gasteiger partial charge on any atom is -0.477 e. The first-order valence-electron chi connectivity index (χ1n) is 5.06. The van der Waals surface area contributed by atoms with Crippen molar-refractivity contribution in [2.45, 2.75) is 20.8 Å². The van der Waals surface area contributed by atoms with Gasteiger partial charge in [0.15, 0.2) is 0 Å². The first-order valence-corrected chi connectivity index (χ1v) is 5.06. The topological polar surface area (TPSA) is 80.4 Å². The van der Waals surface area contributed by atoms with Crippen LogP contribution in [0.3, 0.4) is 0 Å². The Labute approximate surface area is 96.7 Å². The molecular weight excluding hydrogens is 222 g/mol. The number of aryl methyl sites for hydroxylation is 2. The summed E-state index contributed by atoms with van der Waals surface area (Å²) in [5, 5.41) is 9.42. The second kappa shape index (κ2) is 3.69. The highest BCUT2D eigenvalue weighted by atomic mass is 16.4. The minimum absolute atomic E-state index is 0.181. The molecule has 0 bridgehead atoms. The van der Waals surface area contributed by atoms with Crippen LogP contribution in [0.5, 0.6) is 0 Å². The molecule has 0 spiro atoms.